The van der Waals surface area contributed by atoms with E-state index in [4.69, 9.17) is 0 Å². The SMILES string of the molecule is Cc1ccc(-c2[c-]ccc(CF)c2)nc1.[Ir].[c-]1ccccc1-c1cc(-c2ccccc2)ccn1. The van der Waals surface area contributed by atoms with Gasteiger partial charge in [0.1, 0.15) is 0 Å². The zero-order chi connectivity index (χ0) is 22.9. The van der Waals surface area contributed by atoms with Gasteiger partial charge in [-0.15, -0.1) is 65.7 Å². The van der Waals surface area contributed by atoms with E-state index in [-0.39, 0.29) is 20.1 Å². The van der Waals surface area contributed by atoms with Gasteiger partial charge in [0, 0.05) is 32.5 Å². The van der Waals surface area contributed by atoms with Crippen LogP contribution in [0.4, 0.5) is 4.39 Å². The van der Waals surface area contributed by atoms with E-state index in [0.29, 0.717) is 5.56 Å². The number of hydrogen-bond donors (Lipinski definition) is 0. The molecule has 2 nitrogen and oxygen atoms in total. The smallest absolute Gasteiger partial charge is 0.0978 e. The van der Waals surface area contributed by atoms with Crippen molar-refractivity contribution in [3.05, 3.63) is 133 Å². The number of aromatic nitrogens is 2. The minimum atomic E-state index is -0.451. The first-order valence-electron chi connectivity index (χ1n) is 10.7. The molecule has 0 aliphatic carbocycles. The molecule has 0 saturated carbocycles. The van der Waals surface area contributed by atoms with Crippen molar-refractivity contribution in [1.29, 1.82) is 0 Å². The van der Waals surface area contributed by atoms with E-state index in [2.05, 4.69) is 40.3 Å². The Morgan fingerprint density at radius 3 is 2.21 bits per heavy atom. The molecule has 0 saturated heterocycles. The summed E-state index contributed by atoms with van der Waals surface area (Å²) in [5, 5.41) is 0. The van der Waals surface area contributed by atoms with Gasteiger partial charge in [-0.1, -0.05) is 54.1 Å². The largest absolute Gasteiger partial charge is 0.305 e. The monoisotopic (exact) mass is 623 g/mol. The molecule has 3 aromatic carbocycles. The van der Waals surface area contributed by atoms with Gasteiger partial charge < -0.3 is 9.97 Å². The van der Waals surface area contributed by atoms with Gasteiger partial charge in [0.2, 0.25) is 0 Å². The van der Waals surface area contributed by atoms with Crippen LogP contribution in [0.5, 0.6) is 0 Å². The molecule has 5 rings (SSSR count). The fourth-order valence-corrected chi connectivity index (χ4v) is 3.31. The van der Waals surface area contributed by atoms with Crippen LogP contribution >= 0.6 is 0 Å². The van der Waals surface area contributed by atoms with Crippen LogP contribution in [0.15, 0.2) is 109 Å². The van der Waals surface area contributed by atoms with E-state index in [1.165, 1.54) is 11.1 Å². The molecule has 0 bridgehead atoms. The summed E-state index contributed by atoms with van der Waals surface area (Å²) < 4.78 is 12.5. The van der Waals surface area contributed by atoms with Crippen molar-refractivity contribution in [1.82, 2.24) is 9.97 Å². The Labute approximate surface area is 213 Å². The van der Waals surface area contributed by atoms with E-state index in [0.717, 1.165) is 28.1 Å². The minimum Gasteiger partial charge on any atom is -0.305 e. The number of alkyl halides is 1. The topological polar surface area (TPSA) is 25.8 Å². The van der Waals surface area contributed by atoms with Crippen molar-refractivity contribution >= 4 is 0 Å². The van der Waals surface area contributed by atoms with Gasteiger partial charge in [-0.3, -0.25) is 0 Å². The molecule has 2 heterocycles. The second kappa shape index (κ2) is 12.7. The molecule has 0 amide bonds. The van der Waals surface area contributed by atoms with Crippen molar-refractivity contribution < 1.29 is 24.5 Å². The summed E-state index contributed by atoms with van der Waals surface area (Å²) in [5.74, 6) is 0. The van der Waals surface area contributed by atoms with E-state index in [1.54, 1.807) is 24.4 Å². The first-order valence-corrected chi connectivity index (χ1v) is 10.7. The first kappa shape index (κ1) is 25.2. The van der Waals surface area contributed by atoms with Crippen LogP contribution in [0.2, 0.25) is 0 Å². The molecule has 0 fully saturated rings. The molecule has 171 valence electrons. The number of halogens is 1. The maximum atomic E-state index is 12.5. The van der Waals surface area contributed by atoms with Crippen LogP contribution < -0.4 is 0 Å². The summed E-state index contributed by atoms with van der Waals surface area (Å²) in [6, 6.07) is 37.7. The minimum absolute atomic E-state index is 0. The van der Waals surface area contributed by atoms with Crippen LogP contribution in [0.3, 0.4) is 0 Å². The zero-order valence-electron chi connectivity index (χ0n) is 18.7. The third-order valence-electron chi connectivity index (χ3n) is 5.06. The summed E-state index contributed by atoms with van der Waals surface area (Å²) in [6.45, 7) is 1.53. The Balaban J connectivity index is 0.000000188. The maximum Gasteiger partial charge on any atom is 0.0978 e. The predicted molar refractivity (Wildman–Crippen MR) is 132 cm³/mol. The standard InChI is InChI=1S/C17H12N.C13H11FN.Ir/c1-3-7-14(8-4-1)16-11-12-18-17(13-16)15-9-5-2-6-10-15;1-10-5-6-13(15-9-10)12-4-2-3-11(7-12)8-14;/h1-9,11-13H;2-3,5-7,9H,8H2,1H3;/q2*-1;. The Kier molecular flexibility index (Phi) is 9.39. The summed E-state index contributed by atoms with van der Waals surface area (Å²) >= 11 is 0. The number of rotatable bonds is 4. The van der Waals surface area contributed by atoms with E-state index in [1.807, 2.05) is 73.8 Å². The molecular formula is C30H23FIrN2-2. The van der Waals surface area contributed by atoms with Crippen molar-refractivity contribution in [2.24, 2.45) is 0 Å². The second-order valence-corrected chi connectivity index (χ2v) is 7.54. The van der Waals surface area contributed by atoms with Gasteiger partial charge in [-0.25, -0.2) is 4.39 Å². The summed E-state index contributed by atoms with van der Waals surface area (Å²) in [7, 11) is 0. The molecule has 0 aliphatic rings. The van der Waals surface area contributed by atoms with Crippen LogP contribution in [-0.2, 0) is 26.8 Å². The number of nitrogens with zero attached hydrogens (tertiary/aromatic N) is 2. The van der Waals surface area contributed by atoms with Gasteiger partial charge in [0.15, 0.2) is 0 Å². The average molecular weight is 623 g/mol. The molecule has 1 radical (unpaired) electrons. The number of aryl methyl sites for hydroxylation is 1. The van der Waals surface area contributed by atoms with E-state index in [9.17, 15) is 4.39 Å². The van der Waals surface area contributed by atoms with Crippen LogP contribution in [0.25, 0.3) is 33.6 Å². The Hall–Kier alpha value is -3.46. The number of hydrogen-bond acceptors (Lipinski definition) is 2. The van der Waals surface area contributed by atoms with Crippen molar-refractivity contribution in [2.45, 2.75) is 13.6 Å². The molecule has 0 spiro atoms. The molecule has 4 heteroatoms. The predicted octanol–water partition coefficient (Wildman–Crippen LogP) is 7.54. The van der Waals surface area contributed by atoms with Crippen LogP contribution in [0, 0.1) is 19.1 Å². The molecule has 0 unspecified atom stereocenters. The summed E-state index contributed by atoms with van der Waals surface area (Å²) in [5.41, 5.74) is 7.80. The van der Waals surface area contributed by atoms with E-state index >= 15 is 0 Å². The van der Waals surface area contributed by atoms with Crippen molar-refractivity contribution in [2.75, 3.05) is 0 Å². The third-order valence-corrected chi connectivity index (χ3v) is 5.06. The van der Waals surface area contributed by atoms with Crippen LogP contribution in [-0.4, -0.2) is 9.97 Å². The van der Waals surface area contributed by atoms with E-state index < -0.39 is 6.67 Å². The molecule has 34 heavy (non-hydrogen) atoms. The van der Waals surface area contributed by atoms with Gasteiger partial charge in [-0.2, -0.15) is 0 Å². The van der Waals surface area contributed by atoms with Gasteiger partial charge in [0.05, 0.1) is 6.67 Å². The Morgan fingerprint density at radius 2 is 1.50 bits per heavy atom. The fourth-order valence-electron chi connectivity index (χ4n) is 3.31. The Bertz CT molecular complexity index is 1240. The molecule has 0 aliphatic heterocycles. The van der Waals surface area contributed by atoms with Gasteiger partial charge in [0.25, 0.3) is 0 Å². The molecule has 2 aromatic heterocycles. The summed E-state index contributed by atoms with van der Waals surface area (Å²) in [6.07, 6.45) is 3.64. The van der Waals surface area contributed by atoms with Crippen molar-refractivity contribution in [3.8, 4) is 33.6 Å². The molecular weight excluding hydrogens is 600 g/mol. The molecule has 0 atom stereocenters. The quantitative estimate of drug-likeness (QED) is 0.194. The zero-order valence-corrected chi connectivity index (χ0v) is 21.1. The van der Waals surface area contributed by atoms with Gasteiger partial charge >= 0.3 is 0 Å². The Morgan fingerprint density at radius 1 is 0.706 bits per heavy atom. The number of pyridine rings is 2. The van der Waals surface area contributed by atoms with Crippen molar-refractivity contribution in [3.63, 3.8) is 0 Å². The summed E-state index contributed by atoms with van der Waals surface area (Å²) in [4.78, 5) is 8.67. The molecule has 5 aromatic rings. The van der Waals surface area contributed by atoms with Gasteiger partial charge in [-0.05, 0) is 41.1 Å². The fraction of sp³-hybridized carbons (Fsp3) is 0.0667. The normalized spacial score (nSPS) is 9.94. The first-order chi connectivity index (χ1) is 16.2. The second-order valence-electron chi connectivity index (χ2n) is 7.54. The average Bonchev–Trinajstić information content (AvgIpc) is 2.91. The van der Waals surface area contributed by atoms with Crippen LogP contribution in [0.1, 0.15) is 11.1 Å². The molecule has 0 N–H and O–H groups in total. The maximum absolute atomic E-state index is 12.5. The third kappa shape index (κ3) is 6.77. The number of benzene rings is 3.